The highest BCUT2D eigenvalue weighted by Crippen LogP contribution is 2.26. The molecule has 1 atom stereocenters. The van der Waals surface area contributed by atoms with Crippen molar-refractivity contribution in [2.24, 2.45) is 0 Å². The number of rotatable bonds is 3. The van der Waals surface area contributed by atoms with E-state index in [0.29, 0.717) is 5.56 Å². The first-order valence-corrected chi connectivity index (χ1v) is 7.58. The number of sulfonamides is 1. The van der Waals surface area contributed by atoms with Crippen molar-refractivity contribution >= 4 is 15.7 Å². The number of benzene rings is 1. The number of aryl methyl sites for hydroxylation is 1. The maximum Gasteiger partial charge on any atom is 0.246 e. The second-order valence-corrected chi connectivity index (χ2v) is 6.53. The first-order valence-electron chi connectivity index (χ1n) is 6.14. The van der Waals surface area contributed by atoms with Crippen LogP contribution in [-0.4, -0.2) is 50.2 Å². The van der Waals surface area contributed by atoms with Crippen molar-refractivity contribution in [3.05, 3.63) is 23.5 Å². The molecule has 1 aliphatic heterocycles. The third-order valence-corrected chi connectivity index (χ3v) is 5.26. The average Bonchev–Trinajstić information content (AvgIpc) is 2.42. The monoisotopic (exact) mass is 304 g/mol. The number of nitrogens with two attached hydrogens (primary N) is 1. The van der Waals surface area contributed by atoms with Gasteiger partial charge in [0, 0.05) is 12.2 Å². The number of aliphatic hydroxyl groups excluding tert-OH is 1. The van der Waals surface area contributed by atoms with Crippen LogP contribution < -0.4 is 5.73 Å². The minimum absolute atomic E-state index is 0.0702. The van der Waals surface area contributed by atoms with Gasteiger partial charge in [0.05, 0.1) is 25.9 Å². The van der Waals surface area contributed by atoms with Gasteiger partial charge in [-0.1, -0.05) is 0 Å². The van der Waals surface area contributed by atoms with Gasteiger partial charge >= 0.3 is 0 Å². The lowest BCUT2D eigenvalue weighted by atomic mass is 10.2. The van der Waals surface area contributed by atoms with Crippen LogP contribution >= 0.6 is 0 Å². The summed E-state index contributed by atoms with van der Waals surface area (Å²) in [5.41, 5.74) is 6.34. The number of hydrogen-bond acceptors (Lipinski definition) is 5. The van der Waals surface area contributed by atoms with Crippen molar-refractivity contribution in [2.45, 2.75) is 17.9 Å². The molecule has 0 aromatic heterocycles. The van der Waals surface area contributed by atoms with Gasteiger partial charge in [0.25, 0.3) is 0 Å². The first-order chi connectivity index (χ1) is 9.37. The zero-order chi connectivity index (χ0) is 14.9. The molecule has 0 aliphatic carbocycles. The molecule has 1 heterocycles. The van der Waals surface area contributed by atoms with Gasteiger partial charge in [-0.25, -0.2) is 12.8 Å². The number of hydrogen-bond donors (Lipinski definition) is 2. The lowest BCUT2D eigenvalue weighted by molar-refractivity contribution is 0.0108. The third-order valence-electron chi connectivity index (χ3n) is 3.29. The van der Waals surface area contributed by atoms with Crippen LogP contribution in [0.1, 0.15) is 5.56 Å². The smallest absolute Gasteiger partial charge is 0.246 e. The molecule has 20 heavy (non-hydrogen) atoms. The molecule has 1 unspecified atom stereocenters. The van der Waals surface area contributed by atoms with Crippen molar-refractivity contribution < 1.29 is 22.7 Å². The average molecular weight is 304 g/mol. The van der Waals surface area contributed by atoms with Crippen molar-refractivity contribution in [2.75, 3.05) is 32.1 Å². The van der Waals surface area contributed by atoms with E-state index in [0.717, 1.165) is 16.4 Å². The Morgan fingerprint density at radius 2 is 2.25 bits per heavy atom. The Balaban J connectivity index is 2.46. The normalized spacial score (nSPS) is 21.1. The number of halogens is 1. The van der Waals surface area contributed by atoms with Crippen LogP contribution in [-0.2, 0) is 14.8 Å². The highest BCUT2D eigenvalue weighted by atomic mass is 32.2. The summed E-state index contributed by atoms with van der Waals surface area (Å²) in [6.07, 6.45) is 0. The molecule has 1 aliphatic rings. The number of ether oxygens (including phenoxy) is 1. The minimum atomic E-state index is -4.05. The molecule has 8 heteroatoms. The lowest BCUT2D eigenvalue weighted by Crippen LogP contribution is -2.50. The van der Waals surface area contributed by atoms with Crippen LogP contribution in [0.2, 0.25) is 0 Å². The van der Waals surface area contributed by atoms with Crippen LogP contribution in [0.4, 0.5) is 10.1 Å². The fourth-order valence-electron chi connectivity index (χ4n) is 2.09. The summed E-state index contributed by atoms with van der Waals surface area (Å²) < 4.78 is 45.1. The summed E-state index contributed by atoms with van der Waals surface area (Å²) in [6.45, 7) is 1.57. The molecular weight excluding hydrogens is 287 g/mol. The maximum atomic E-state index is 14.0. The van der Waals surface area contributed by atoms with Crippen LogP contribution in [0.5, 0.6) is 0 Å². The Bertz CT molecular complexity index is 606. The fourth-order valence-corrected chi connectivity index (χ4v) is 3.76. The van der Waals surface area contributed by atoms with E-state index >= 15 is 0 Å². The number of morpholine rings is 1. The number of anilines is 1. The van der Waals surface area contributed by atoms with Crippen LogP contribution in [0, 0.1) is 12.7 Å². The highest BCUT2D eigenvalue weighted by molar-refractivity contribution is 7.89. The molecule has 6 nitrogen and oxygen atoms in total. The zero-order valence-corrected chi connectivity index (χ0v) is 11.9. The van der Waals surface area contributed by atoms with E-state index in [1.54, 1.807) is 6.92 Å². The molecule has 2 rings (SSSR count). The van der Waals surface area contributed by atoms with E-state index in [1.165, 1.54) is 0 Å². The van der Waals surface area contributed by atoms with E-state index in [4.69, 9.17) is 10.5 Å². The second kappa shape index (κ2) is 5.65. The minimum Gasteiger partial charge on any atom is -0.398 e. The molecule has 0 spiro atoms. The molecule has 1 aromatic carbocycles. The molecule has 3 N–H and O–H groups in total. The summed E-state index contributed by atoms with van der Waals surface area (Å²) in [6, 6.07) is 1.50. The Hall–Kier alpha value is -1.22. The van der Waals surface area contributed by atoms with Crippen molar-refractivity contribution in [1.82, 2.24) is 4.31 Å². The summed E-state index contributed by atoms with van der Waals surface area (Å²) >= 11 is 0. The van der Waals surface area contributed by atoms with Crippen LogP contribution in [0.15, 0.2) is 17.0 Å². The molecule has 1 fully saturated rings. The summed E-state index contributed by atoms with van der Waals surface area (Å²) in [5, 5.41) is 9.24. The highest BCUT2D eigenvalue weighted by Gasteiger charge is 2.35. The topological polar surface area (TPSA) is 92.9 Å². The lowest BCUT2D eigenvalue weighted by Gasteiger charge is -2.33. The van der Waals surface area contributed by atoms with Gasteiger partial charge in [-0.3, -0.25) is 0 Å². The van der Waals surface area contributed by atoms with E-state index in [2.05, 4.69) is 0 Å². The van der Waals surface area contributed by atoms with Gasteiger partial charge in [-0.2, -0.15) is 4.31 Å². The van der Waals surface area contributed by atoms with Gasteiger partial charge in [0.1, 0.15) is 10.7 Å². The summed E-state index contributed by atoms with van der Waals surface area (Å²) in [4.78, 5) is -0.471. The summed E-state index contributed by atoms with van der Waals surface area (Å²) in [5.74, 6) is -0.847. The molecule has 0 saturated carbocycles. The molecule has 0 amide bonds. The largest absolute Gasteiger partial charge is 0.398 e. The molecule has 112 valence electrons. The van der Waals surface area contributed by atoms with Crippen molar-refractivity contribution in [3.63, 3.8) is 0 Å². The van der Waals surface area contributed by atoms with Gasteiger partial charge in [0.2, 0.25) is 10.0 Å². The number of aliphatic hydroxyl groups is 1. The van der Waals surface area contributed by atoms with Crippen molar-refractivity contribution in [3.8, 4) is 0 Å². The number of nitrogen functional groups attached to an aromatic ring is 1. The third kappa shape index (κ3) is 2.64. The predicted molar refractivity (Wildman–Crippen MR) is 71.1 cm³/mol. The van der Waals surface area contributed by atoms with Crippen LogP contribution in [0.3, 0.4) is 0 Å². The molecular formula is C12H17FN2O4S. The molecule has 1 aromatic rings. The second-order valence-electron chi connectivity index (χ2n) is 4.67. The predicted octanol–water partition coefficient (Wildman–Crippen LogP) is 0.0981. The maximum absolute atomic E-state index is 14.0. The molecule has 0 bridgehead atoms. The number of nitrogens with zero attached hydrogens (tertiary/aromatic N) is 1. The Labute approximate surface area is 117 Å². The summed E-state index contributed by atoms with van der Waals surface area (Å²) in [7, 11) is -4.05. The van der Waals surface area contributed by atoms with Gasteiger partial charge in [0.15, 0.2) is 0 Å². The molecule has 1 saturated heterocycles. The van der Waals surface area contributed by atoms with E-state index in [9.17, 15) is 17.9 Å². The molecule has 0 radical (unpaired) electrons. The van der Waals surface area contributed by atoms with Crippen molar-refractivity contribution in [1.29, 1.82) is 0 Å². The first kappa shape index (κ1) is 15.2. The SMILES string of the molecule is Cc1cc(F)c(S(=O)(=O)N2CCOCC2CO)cc1N. The van der Waals surface area contributed by atoms with Gasteiger partial charge < -0.3 is 15.6 Å². The Kier molecular flexibility index (Phi) is 4.28. The van der Waals surface area contributed by atoms with Crippen LogP contribution in [0.25, 0.3) is 0 Å². The van der Waals surface area contributed by atoms with E-state index < -0.39 is 26.8 Å². The van der Waals surface area contributed by atoms with E-state index in [-0.39, 0.29) is 32.1 Å². The quantitative estimate of drug-likeness (QED) is 0.773. The fraction of sp³-hybridized carbons (Fsp3) is 0.500. The van der Waals surface area contributed by atoms with E-state index in [1.807, 2.05) is 0 Å². The Morgan fingerprint density at radius 3 is 2.90 bits per heavy atom. The zero-order valence-electron chi connectivity index (χ0n) is 11.0. The Morgan fingerprint density at radius 1 is 1.55 bits per heavy atom. The van der Waals surface area contributed by atoms with Gasteiger partial charge in [-0.15, -0.1) is 0 Å². The van der Waals surface area contributed by atoms with Gasteiger partial charge in [-0.05, 0) is 24.6 Å². The standard InChI is InChI=1S/C12H17FN2O4S/c1-8-4-10(13)12(5-11(8)14)20(17,18)15-2-3-19-7-9(15)6-16/h4-5,9,16H,2-3,6-7,14H2,1H3.